The Labute approximate surface area is 131 Å². The zero-order valence-corrected chi connectivity index (χ0v) is 12.3. The number of benzene rings is 2. The summed E-state index contributed by atoms with van der Waals surface area (Å²) in [5, 5.41) is 2.92. The molecule has 0 atom stereocenters. The molecule has 1 N–H and O–H groups in total. The molecule has 0 bridgehead atoms. The van der Waals surface area contributed by atoms with Crippen molar-refractivity contribution in [2.45, 2.75) is 6.61 Å². The molecular weight excluding hydrogens is 313 g/mol. The van der Waals surface area contributed by atoms with Crippen molar-refractivity contribution in [3.63, 3.8) is 0 Å². The molecule has 0 unspecified atom stereocenters. The number of carbonyl (C=O) groups excluding carboxylic acids is 2. The Morgan fingerprint density at radius 2 is 1.90 bits per heavy atom. The highest BCUT2D eigenvalue weighted by Crippen LogP contribution is 2.29. The van der Waals surface area contributed by atoms with E-state index in [-0.39, 0.29) is 22.9 Å². The maximum absolute atomic E-state index is 11.8. The lowest BCUT2D eigenvalue weighted by Gasteiger charge is -2.11. The van der Waals surface area contributed by atoms with E-state index in [1.54, 1.807) is 0 Å². The molecule has 2 aromatic carbocycles. The first kappa shape index (κ1) is 15.4. The predicted molar refractivity (Wildman–Crippen MR) is 82.1 cm³/mol. The number of rotatable bonds is 4. The van der Waals surface area contributed by atoms with E-state index in [1.165, 1.54) is 12.1 Å². The number of hydrogen-bond acceptors (Lipinski definition) is 3. The summed E-state index contributed by atoms with van der Waals surface area (Å²) in [6.45, 7) is 0.119. The molecule has 108 valence electrons. The second-order valence-electron chi connectivity index (χ2n) is 4.16. The summed E-state index contributed by atoms with van der Waals surface area (Å²) in [7, 11) is 0. The van der Waals surface area contributed by atoms with Gasteiger partial charge < -0.3 is 4.74 Å². The van der Waals surface area contributed by atoms with E-state index >= 15 is 0 Å². The van der Waals surface area contributed by atoms with Gasteiger partial charge in [0.25, 0.3) is 0 Å². The highest BCUT2D eigenvalue weighted by Gasteiger charge is 2.13. The lowest BCUT2D eigenvalue weighted by molar-refractivity contribution is 0.112. The first-order chi connectivity index (χ1) is 10.1. The van der Waals surface area contributed by atoms with Crippen molar-refractivity contribution >= 4 is 41.3 Å². The van der Waals surface area contributed by atoms with Crippen LogP contribution in [-0.4, -0.2) is 12.4 Å². The fourth-order valence-corrected chi connectivity index (χ4v) is 2.24. The van der Waals surface area contributed by atoms with Crippen LogP contribution in [-0.2, 0) is 11.3 Å². The predicted octanol–water partition coefficient (Wildman–Crippen LogP) is 4.55. The molecule has 0 aromatic heterocycles. The van der Waals surface area contributed by atoms with Gasteiger partial charge in [-0.1, -0.05) is 53.5 Å². The summed E-state index contributed by atoms with van der Waals surface area (Å²) < 4.78 is 5.06. The van der Waals surface area contributed by atoms with Gasteiger partial charge in [-0.25, -0.2) is 4.79 Å². The molecule has 0 aliphatic carbocycles. The van der Waals surface area contributed by atoms with Crippen LogP contribution in [0.1, 0.15) is 15.9 Å². The highest BCUT2D eigenvalue weighted by atomic mass is 35.5. The summed E-state index contributed by atoms with van der Waals surface area (Å²) in [6.07, 6.45) is -0.143. The second-order valence-corrected chi connectivity index (χ2v) is 5.00. The average molecular weight is 324 g/mol. The zero-order chi connectivity index (χ0) is 15.2. The summed E-state index contributed by atoms with van der Waals surface area (Å²) in [6, 6.07) is 12.1. The van der Waals surface area contributed by atoms with Crippen LogP contribution < -0.4 is 5.32 Å². The van der Waals surface area contributed by atoms with E-state index in [0.717, 1.165) is 5.56 Å². The number of anilines is 1. The molecule has 1 amide bonds. The first-order valence-corrected chi connectivity index (χ1v) is 6.77. The van der Waals surface area contributed by atoms with E-state index in [4.69, 9.17) is 27.9 Å². The average Bonchev–Trinajstić information content (AvgIpc) is 2.48. The molecule has 0 saturated heterocycles. The Bertz CT molecular complexity index is 659. The Morgan fingerprint density at radius 3 is 2.57 bits per heavy atom. The quantitative estimate of drug-likeness (QED) is 0.839. The largest absolute Gasteiger partial charge is 0.444 e. The second kappa shape index (κ2) is 7.11. The minimum absolute atomic E-state index is 0.119. The smallest absolute Gasteiger partial charge is 0.412 e. The monoisotopic (exact) mass is 323 g/mol. The SMILES string of the molecule is O=Cc1cc(Cl)cc(Cl)c1NC(=O)OCc1ccccc1. The maximum Gasteiger partial charge on any atom is 0.412 e. The van der Waals surface area contributed by atoms with Crippen LogP contribution in [0.3, 0.4) is 0 Å². The van der Waals surface area contributed by atoms with E-state index in [0.29, 0.717) is 11.3 Å². The maximum atomic E-state index is 11.8. The van der Waals surface area contributed by atoms with Crippen LogP contribution in [0, 0.1) is 0 Å². The van der Waals surface area contributed by atoms with Gasteiger partial charge in [-0.2, -0.15) is 0 Å². The van der Waals surface area contributed by atoms with Crippen LogP contribution in [0.5, 0.6) is 0 Å². The lowest BCUT2D eigenvalue weighted by atomic mass is 10.2. The van der Waals surface area contributed by atoms with Gasteiger partial charge in [-0.3, -0.25) is 10.1 Å². The minimum atomic E-state index is -0.703. The fourth-order valence-electron chi connectivity index (χ4n) is 1.68. The van der Waals surface area contributed by atoms with Crippen LogP contribution in [0.4, 0.5) is 10.5 Å². The van der Waals surface area contributed by atoms with E-state index in [1.807, 2.05) is 30.3 Å². The molecule has 6 heteroatoms. The molecular formula is C15H11Cl2NO3. The number of hydrogen-bond donors (Lipinski definition) is 1. The van der Waals surface area contributed by atoms with Crippen molar-refractivity contribution in [3.05, 3.63) is 63.6 Å². The number of nitrogens with one attached hydrogen (secondary N) is 1. The van der Waals surface area contributed by atoms with Gasteiger partial charge in [-0.05, 0) is 17.7 Å². The van der Waals surface area contributed by atoms with E-state index < -0.39 is 6.09 Å². The van der Waals surface area contributed by atoms with Crippen LogP contribution >= 0.6 is 23.2 Å². The normalized spacial score (nSPS) is 10.0. The number of halogens is 2. The van der Waals surface area contributed by atoms with Gasteiger partial charge in [0.15, 0.2) is 6.29 Å². The molecule has 0 radical (unpaired) electrons. The Balaban J connectivity index is 2.04. The summed E-state index contributed by atoms with van der Waals surface area (Å²) in [4.78, 5) is 22.7. The summed E-state index contributed by atoms with van der Waals surface area (Å²) in [5.41, 5.74) is 1.21. The van der Waals surface area contributed by atoms with Gasteiger partial charge in [0.2, 0.25) is 0 Å². The lowest BCUT2D eigenvalue weighted by Crippen LogP contribution is -2.15. The van der Waals surface area contributed by atoms with Crippen molar-refractivity contribution in [2.24, 2.45) is 0 Å². The third-order valence-electron chi connectivity index (χ3n) is 2.65. The third-order valence-corrected chi connectivity index (χ3v) is 3.17. The zero-order valence-electron chi connectivity index (χ0n) is 10.8. The van der Waals surface area contributed by atoms with Crippen LogP contribution in [0.25, 0.3) is 0 Å². The molecule has 2 rings (SSSR count). The van der Waals surface area contributed by atoms with Gasteiger partial charge in [0, 0.05) is 10.6 Å². The van der Waals surface area contributed by atoms with Crippen molar-refractivity contribution in [1.82, 2.24) is 0 Å². The number of amides is 1. The minimum Gasteiger partial charge on any atom is -0.444 e. The number of aldehydes is 1. The molecule has 0 heterocycles. The van der Waals surface area contributed by atoms with Crippen LogP contribution in [0.2, 0.25) is 10.0 Å². The van der Waals surface area contributed by atoms with Gasteiger partial charge in [-0.15, -0.1) is 0 Å². The molecule has 2 aromatic rings. The Kier molecular flexibility index (Phi) is 5.20. The Morgan fingerprint density at radius 1 is 1.19 bits per heavy atom. The van der Waals surface area contributed by atoms with Crippen molar-refractivity contribution < 1.29 is 14.3 Å². The van der Waals surface area contributed by atoms with E-state index in [9.17, 15) is 9.59 Å². The summed E-state index contributed by atoms with van der Waals surface area (Å²) in [5.74, 6) is 0. The standard InChI is InChI=1S/C15H11Cl2NO3/c16-12-6-11(8-19)14(13(17)7-12)18-15(20)21-9-10-4-2-1-3-5-10/h1-8H,9H2,(H,18,20). The third kappa shape index (κ3) is 4.21. The molecule has 0 saturated carbocycles. The molecule has 21 heavy (non-hydrogen) atoms. The topological polar surface area (TPSA) is 55.4 Å². The fraction of sp³-hybridized carbons (Fsp3) is 0.0667. The molecule has 0 aliphatic heterocycles. The van der Waals surface area contributed by atoms with Gasteiger partial charge in [0.1, 0.15) is 6.61 Å². The van der Waals surface area contributed by atoms with Gasteiger partial charge >= 0.3 is 6.09 Å². The number of carbonyl (C=O) groups is 2. The molecule has 4 nitrogen and oxygen atoms in total. The van der Waals surface area contributed by atoms with Gasteiger partial charge in [0.05, 0.1) is 10.7 Å². The highest BCUT2D eigenvalue weighted by molar-refractivity contribution is 6.37. The summed E-state index contributed by atoms with van der Waals surface area (Å²) >= 11 is 11.8. The molecule has 0 aliphatic rings. The van der Waals surface area contributed by atoms with E-state index in [2.05, 4.69) is 5.32 Å². The molecule has 0 fully saturated rings. The van der Waals surface area contributed by atoms with Crippen molar-refractivity contribution in [2.75, 3.05) is 5.32 Å². The number of ether oxygens (including phenoxy) is 1. The van der Waals surface area contributed by atoms with Crippen molar-refractivity contribution in [1.29, 1.82) is 0 Å². The van der Waals surface area contributed by atoms with Crippen LogP contribution in [0.15, 0.2) is 42.5 Å². The molecule has 0 spiro atoms. The Hall–Kier alpha value is -2.04. The van der Waals surface area contributed by atoms with Crippen molar-refractivity contribution in [3.8, 4) is 0 Å². The first-order valence-electron chi connectivity index (χ1n) is 6.02.